The maximum Gasteiger partial charge on any atom is 0.332 e. The molecule has 0 aromatic heterocycles. The highest BCUT2D eigenvalue weighted by molar-refractivity contribution is 5.71. The summed E-state index contributed by atoms with van der Waals surface area (Å²) in [6, 6.07) is 0. The molecule has 0 N–H and O–H groups in total. The minimum atomic E-state index is -0.555. The third-order valence-corrected chi connectivity index (χ3v) is 6.80. The van der Waals surface area contributed by atoms with E-state index in [9.17, 15) is 4.79 Å². The van der Waals surface area contributed by atoms with E-state index in [2.05, 4.69) is 13.2 Å². The molecule has 2 saturated carbocycles. The van der Waals surface area contributed by atoms with Gasteiger partial charge in [0.25, 0.3) is 0 Å². The molecule has 6 heteroatoms. The summed E-state index contributed by atoms with van der Waals surface area (Å²) < 4.78 is 28.5. The second-order valence-corrected chi connectivity index (χ2v) is 8.84. The monoisotopic (exact) mass is 408 g/mol. The number of esters is 1. The van der Waals surface area contributed by atoms with Crippen LogP contribution in [-0.2, 0) is 28.5 Å². The van der Waals surface area contributed by atoms with Crippen LogP contribution in [0.4, 0.5) is 0 Å². The number of carbonyl (C=O) groups is 1. The quantitative estimate of drug-likeness (QED) is 0.236. The van der Waals surface area contributed by atoms with Crippen LogP contribution in [0.5, 0.6) is 0 Å². The van der Waals surface area contributed by atoms with Crippen LogP contribution >= 0.6 is 0 Å². The van der Waals surface area contributed by atoms with Gasteiger partial charge < -0.3 is 23.7 Å². The molecule has 4 atom stereocenters. The summed E-state index contributed by atoms with van der Waals surface area (Å²) in [5.74, 6) is -0.581. The lowest BCUT2D eigenvalue weighted by Crippen LogP contribution is -2.51. The highest BCUT2D eigenvalue weighted by Crippen LogP contribution is 2.64. The summed E-state index contributed by atoms with van der Waals surface area (Å²) in [5, 5.41) is 0. The third-order valence-electron chi connectivity index (χ3n) is 6.80. The number of hydrogen-bond acceptors (Lipinski definition) is 6. The summed E-state index contributed by atoms with van der Waals surface area (Å²) >= 11 is 0. The van der Waals surface area contributed by atoms with Crippen LogP contribution in [0, 0.1) is 17.3 Å². The van der Waals surface area contributed by atoms with Gasteiger partial charge in [0.05, 0.1) is 13.2 Å². The van der Waals surface area contributed by atoms with Crippen molar-refractivity contribution < 1.29 is 28.5 Å². The van der Waals surface area contributed by atoms with Gasteiger partial charge in [0, 0.05) is 31.8 Å². The summed E-state index contributed by atoms with van der Waals surface area (Å²) in [5.41, 5.74) is 1.10. The molecule has 0 aromatic rings. The molecule has 0 bridgehead atoms. The van der Waals surface area contributed by atoms with Crippen molar-refractivity contribution >= 4 is 5.97 Å². The summed E-state index contributed by atoms with van der Waals surface area (Å²) in [4.78, 5) is 12.5. The van der Waals surface area contributed by atoms with Crippen molar-refractivity contribution in [2.24, 2.45) is 17.3 Å². The topological polar surface area (TPSA) is 63.2 Å². The van der Waals surface area contributed by atoms with E-state index in [1.807, 2.05) is 13.0 Å². The first-order valence-corrected chi connectivity index (χ1v) is 10.8. The molecule has 29 heavy (non-hydrogen) atoms. The Morgan fingerprint density at radius 3 is 2.69 bits per heavy atom. The van der Waals surface area contributed by atoms with E-state index < -0.39 is 5.79 Å². The van der Waals surface area contributed by atoms with E-state index in [0.717, 1.165) is 44.1 Å². The number of allylic oxidation sites excluding steroid dienone is 1. The van der Waals surface area contributed by atoms with E-state index in [1.165, 1.54) is 7.11 Å². The lowest BCUT2D eigenvalue weighted by Gasteiger charge is -2.50. The molecule has 6 nitrogen and oxygen atoms in total. The van der Waals surface area contributed by atoms with Crippen molar-refractivity contribution in [3.63, 3.8) is 0 Å². The van der Waals surface area contributed by atoms with Crippen LogP contribution in [0.1, 0.15) is 51.9 Å². The second-order valence-electron chi connectivity index (χ2n) is 8.84. The van der Waals surface area contributed by atoms with Crippen molar-refractivity contribution in [1.82, 2.24) is 0 Å². The number of ether oxygens (including phenoxy) is 5. The average Bonchev–Trinajstić information content (AvgIpc) is 3.28. The predicted molar refractivity (Wildman–Crippen MR) is 109 cm³/mol. The Hall–Kier alpha value is -1.21. The maximum absolute atomic E-state index is 12.5. The molecule has 2 aliphatic carbocycles. The Morgan fingerprint density at radius 2 is 2.03 bits per heavy atom. The fraction of sp³-hybridized carbons (Fsp3) is 0.783. The molecule has 1 heterocycles. The van der Waals surface area contributed by atoms with E-state index in [4.69, 9.17) is 23.7 Å². The van der Waals surface area contributed by atoms with Gasteiger partial charge in [-0.3, -0.25) is 0 Å². The van der Waals surface area contributed by atoms with Crippen LogP contribution in [0.2, 0.25) is 0 Å². The fourth-order valence-electron chi connectivity index (χ4n) is 5.97. The van der Waals surface area contributed by atoms with Gasteiger partial charge in [0.1, 0.15) is 19.5 Å². The number of rotatable bonds is 10. The van der Waals surface area contributed by atoms with Gasteiger partial charge in [-0.05, 0) is 38.0 Å². The zero-order valence-corrected chi connectivity index (χ0v) is 18.0. The molecule has 0 amide bonds. The van der Waals surface area contributed by atoms with Gasteiger partial charge in [-0.25, -0.2) is 4.79 Å². The first-order valence-electron chi connectivity index (χ1n) is 10.8. The largest absolute Gasteiger partial charge is 0.460 e. The Labute approximate surface area is 174 Å². The van der Waals surface area contributed by atoms with Gasteiger partial charge in [-0.2, -0.15) is 0 Å². The van der Waals surface area contributed by atoms with Crippen LogP contribution < -0.4 is 0 Å². The third kappa shape index (κ3) is 4.76. The zero-order chi connectivity index (χ0) is 20.9. The minimum absolute atomic E-state index is 0.0690. The van der Waals surface area contributed by atoms with Gasteiger partial charge >= 0.3 is 5.97 Å². The smallest absolute Gasteiger partial charge is 0.332 e. The standard InChI is InChI=1S/C23H36O6/c1-5-8-22-9-6-7-18(21(22)23(11-10-22)27-12-13-28-23)19(14-17(2)3)29-20(24)15-26-16-25-4/h5,18-19,21H,1-2,6-16H2,3-4H3/t18-,19?,21+,22+/m1/s1. The first-order chi connectivity index (χ1) is 14.0. The molecular formula is C23H36O6. The molecule has 1 unspecified atom stereocenters. The molecule has 0 aromatic carbocycles. The lowest BCUT2D eigenvalue weighted by atomic mass is 9.59. The van der Waals surface area contributed by atoms with Crippen molar-refractivity contribution in [2.45, 2.75) is 63.8 Å². The van der Waals surface area contributed by atoms with E-state index in [-0.39, 0.29) is 42.7 Å². The minimum Gasteiger partial charge on any atom is -0.460 e. The molecule has 1 spiro atoms. The SMILES string of the molecule is C=CC[C@@]12CCC[C@H](C(CC(=C)C)OC(=O)COCOC)[C@@H]1C1(CC2)OCCO1. The fourth-order valence-corrected chi connectivity index (χ4v) is 5.97. The van der Waals surface area contributed by atoms with Gasteiger partial charge in [0.15, 0.2) is 5.79 Å². The van der Waals surface area contributed by atoms with E-state index in [1.54, 1.807) is 0 Å². The Morgan fingerprint density at radius 1 is 1.28 bits per heavy atom. The molecule has 1 saturated heterocycles. The van der Waals surface area contributed by atoms with Crippen LogP contribution in [0.25, 0.3) is 0 Å². The Balaban J connectivity index is 1.85. The number of methoxy groups -OCH3 is 1. The molecule has 164 valence electrons. The lowest BCUT2D eigenvalue weighted by molar-refractivity contribution is -0.227. The van der Waals surface area contributed by atoms with E-state index in [0.29, 0.717) is 19.6 Å². The molecule has 1 aliphatic heterocycles. The van der Waals surface area contributed by atoms with Gasteiger partial charge in [0.2, 0.25) is 0 Å². The van der Waals surface area contributed by atoms with Crippen LogP contribution in [0.3, 0.4) is 0 Å². The van der Waals surface area contributed by atoms with Crippen molar-refractivity contribution in [1.29, 1.82) is 0 Å². The zero-order valence-electron chi connectivity index (χ0n) is 18.0. The Bertz CT molecular complexity index is 596. The molecule has 3 fully saturated rings. The number of carbonyl (C=O) groups excluding carboxylic acids is 1. The molecule has 3 aliphatic rings. The summed E-state index contributed by atoms with van der Waals surface area (Å²) in [6.07, 6.45) is 8.53. The first kappa shape index (κ1) is 22.5. The number of fused-ring (bicyclic) bond motifs is 2. The van der Waals surface area contributed by atoms with Crippen molar-refractivity contribution in [2.75, 3.05) is 33.7 Å². The van der Waals surface area contributed by atoms with Crippen LogP contribution in [-0.4, -0.2) is 51.6 Å². The van der Waals surface area contributed by atoms with Crippen molar-refractivity contribution in [3.8, 4) is 0 Å². The van der Waals surface area contributed by atoms with E-state index >= 15 is 0 Å². The average molecular weight is 409 g/mol. The molecule has 3 rings (SSSR count). The Kier molecular flexibility index (Phi) is 7.54. The maximum atomic E-state index is 12.5. The normalized spacial score (nSPS) is 31.4. The summed E-state index contributed by atoms with van der Waals surface area (Å²) in [7, 11) is 1.53. The predicted octanol–water partition coefficient (Wildman–Crippen LogP) is 4.00. The second kappa shape index (κ2) is 9.73. The van der Waals surface area contributed by atoms with Gasteiger partial charge in [-0.15, -0.1) is 13.2 Å². The molecular weight excluding hydrogens is 372 g/mol. The number of hydrogen-bond donors (Lipinski definition) is 0. The summed E-state index contributed by atoms with van der Waals surface area (Å²) in [6.45, 7) is 11.3. The van der Waals surface area contributed by atoms with Gasteiger partial charge in [-0.1, -0.05) is 18.1 Å². The van der Waals surface area contributed by atoms with Crippen molar-refractivity contribution in [3.05, 3.63) is 24.8 Å². The van der Waals surface area contributed by atoms with Crippen LogP contribution in [0.15, 0.2) is 24.8 Å². The highest BCUT2D eigenvalue weighted by atomic mass is 16.7. The molecule has 0 radical (unpaired) electrons. The highest BCUT2D eigenvalue weighted by Gasteiger charge is 2.64.